The Hall–Kier alpha value is -3.07. The van der Waals surface area contributed by atoms with Crippen molar-refractivity contribution in [3.8, 4) is 17.2 Å². The maximum absolute atomic E-state index is 13.6. The number of hydrogen-bond donors (Lipinski definition) is 2. The summed E-state index contributed by atoms with van der Waals surface area (Å²) in [5, 5.41) is 14.3. The van der Waals surface area contributed by atoms with Gasteiger partial charge in [-0.25, -0.2) is 26.8 Å². The Bertz CT molecular complexity index is 1400. The molecule has 12 nitrogen and oxygen atoms in total. The third-order valence-electron chi connectivity index (χ3n) is 5.80. The summed E-state index contributed by atoms with van der Waals surface area (Å²) >= 11 is 3.08. The van der Waals surface area contributed by atoms with Crippen LogP contribution in [0.5, 0.6) is 0 Å². The standard InChI is InChI=1S/C21H25BrFN7O5S/c22-15-11-14(8-9-16(15)23)30-20(28-34-21(30)31)18-19(27-35-26-18)25-10-4-7-17(24)29-36(32,33)12-13-5-2-1-3-6-13/h8-9,11,13H,1-7,10,12H2,(H2,24,29)(H,25,27). The van der Waals surface area contributed by atoms with Crippen molar-refractivity contribution in [1.29, 1.82) is 0 Å². The van der Waals surface area contributed by atoms with Gasteiger partial charge in [0.15, 0.2) is 5.69 Å². The molecule has 3 aromatic rings. The van der Waals surface area contributed by atoms with Gasteiger partial charge in [0, 0.05) is 13.0 Å². The lowest BCUT2D eigenvalue weighted by atomic mass is 9.91. The lowest BCUT2D eigenvalue weighted by Crippen LogP contribution is -2.21. The summed E-state index contributed by atoms with van der Waals surface area (Å²) in [6.07, 6.45) is 5.75. The number of nitrogens with zero attached hydrogens (tertiary/aromatic N) is 5. The summed E-state index contributed by atoms with van der Waals surface area (Å²) in [6.45, 7) is 0.324. The van der Waals surface area contributed by atoms with Gasteiger partial charge < -0.3 is 11.1 Å². The molecule has 0 aliphatic heterocycles. The van der Waals surface area contributed by atoms with Gasteiger partial charge >= 0.3 is 5.76 Å². The molecule has 15 heteroatoms. The van der Waals surface area contributed by atoms with E-state index >= 15 is 0 Å². The van der Waals surface area contributed by atoms with Crippen molar-refractivity contribution in [3.05, 3.63) is 39.0 Å². The van der Waals surface area contributed by atoms with Crippen LogP contribution in [0.25, 0.3) is 17.2 Å². The number of rotatable bonds is 10. The summed E-state index contributed by atoms with van der Waals surface area (Å²) in [6, 6.07) is 3.96. The number of benzene rings is 1. The van der Waals surface area contributed by atoms with Crippen molar-refractivity contribution >= 4 is 37.6 Å². The zero-order chi connectivity index (χ0) is 25.7. The molecular weight excluding hydrogens is 561 g/mol. The van der Waals surface area contributed by atoms with Gasteiger partial charge in [-0.2, -0.15) is 4.40 Å². The predicted octanol–water partition coefficient (Wildman–Crippen LogP) is 3.24. The van der Waals surface area contributed by atoms with Crippen LogP contribution in [-0.4, -0.2) is 46.6 Å². The fourth-order valence-corrected chi connectivity index (χ4v) is 5.91. The molecule has 2 aromatic heterocycles. The molecule has 2 heterocycles. The average Bonchev–Trinajstić information content (AvgIpc) is 3.44. The Morgan fingerprint density at radius 1 is 1.25 bits per heavy atom. The molecule has 1 aromatic carbocycles. The summed E-state index contributed by atoms with van der Waals surface area (Å²) < 4.78 is 52.9. The van der Waals surface area contributed by atoms with E-state index < -0.39 is 21.6 Å². The molecule has 36 heavy (non-hydrogen) atoms. The zero-order valence-electron chi connectivity index (χ0n) is 19.2. The Kier molecular flexibility index (Phi) is 8.18. The third kappa shape index (κ3) is 6.37. The van der Waals surface area contributed by atoms with Crippen LogP contribution in [0.1, 0.15) is 44.9 Å². The molecule has 0 radical (unpaired) electrons. The van der Waals surface area contributed by atoms with Crippen LogP contribution in [0.4, 0.5) is 10.2 Å². The van der Waals surface area contributed by atoms with Gasteiger partial charge in [0.2, 0.25) is 11.6 Å². The quantitative estimate of drug-likeness (QED) is 0.204. The summed E-state index contributed by atoms with van der Waals surface area (Å²) in [7, 11) is -3.61. The van der Waals surface area contributed by atoms with E-state index in [2.05, 4.69) is 41.1 Å². The number of halogens is 2. The van der Waals surface area contributed by atoms with Crippen molar-refractivity contribution < 1.29 is 22.0 Å². The summed E-state index contributed by atoms with van der Waals surface area (Å²) in [5.74, 6) is -0.917. The molecular formula is C21H25BrFN7O5S. The molecule has 0 amide bonds. The fourth-order valence-electron chi connectivity index (χ4n) is 4.09. The highest BCUT2D eigenvalue weighted by Gasteiger charge is 2.23. The van der Waals surface area contributed by atoms with E-state index in [9.17, 15) is 17.6 Å². The van der Waals surface area contributed by atoms with Crippen LogP contribution in [0.2, 0.25) is 0 Å². The SMILES string of the molecule is NC(CCCNc1nonc1-c1noc(=O)n1-c1ccc(F)c(Br)c1)=NS(=O)(=O)CC1CCCCC1. The minimum Gasteiger partial charge on any atom is -0.386 e. The van der Waals surface area contributed by atoms with Crippen molar-refractivity contribution in [3.63, 3.8) is 0 Å². The van der Waals surface area contributed by atoms with E-state index in [-0.39, 0.29) is 51.4 Å². The van der Waals surface area contributed by atoms with E-state index in [1.54, 1.807) is 0 Å². The Labute approximate surface area is 214 Å². The molecule has 3 N–H and O–H groups in total. The van der Waals surface area contributed by atoms with Crippen LogP contribution in [-0.2, 0) is 10.0 Å². The Balaban J connectivity index is 1.38. The van der Waals surface area contributed by atoms with E-state index in [4.69, 9.17) is 14.9 Å². The molecule has 0 atom stereocenters. The summed E-state index contributed by atoms with van der Waals surface area (Å²) in [5.41, 5.74) is 6.24. The number of nitrogens with two attached hydrogens (primary N) is 1. The van der Waals surface area contributed by atoms with Gasteiger partial charge in [-0.05, 0) is 69.6 Å². The van der Waals surface area contributed by atoms with E-state index in [1.165, 1.54) is 18.2 Å². The van der Waals surface area contributed by atoms with Crippen molar-refractivity contribution in [2.24, 2.45) is 16.0 Å². The number of aromatic nitrogens is 4. The molecule has 194 valence electrons. The first-order valence-electron chi connectivity index (χ1n) is 11.4. The third-order valence-corrected chi connectivity index (χ3v) is 7.81. The predicted molar refractivity (Wildman–Crippen MR) is 133 cm³/mol. The molecule has 1 fully saturated rings. The first-order valence-corrected chi connectivity index (χ1v) is 13.8. The van der Waals surface area contributed by atoms with E-state index in [0.29, 0.717) is 13.0 Å². The van der Waals surface area contributed by atoms with Gasteiger partial charge in [0.05, 0.1) is 15.9 Å². The van der Waals surface area contributed by atoms with Crippen molar-refractivity contribution in [1.82, 2.24) is 20.0 Å². The first-order chi connectivity index (χ1) is 17.2. The zero-order valence-corrected chi connectivity index (χ0v) is 21.6. The van der Waals surface area contributed by atoms with Gasteiger partial charge in [-0.3, -0.25) is 4.52 Å². The normalized spacial score (nSPS) is 15.3. The van der Waals surface area contributed by atoms with Crippen LogP contribution >= 0.6 is 15.9 Å². The van der Waals surface area contributed by atoms with Crippen LogP contribution in [0.3, 0.4) is 0 Å². The molecule has 0 saturated heterocycles. The lowest BCUT2D eigenvalue weighted by molar-refractivity contribution is 0.309. The Morgan fingerprint density at radius 3 is 2.78 bits per heavy atom. The van der Waals surface area contributed by atoms with Crippen LogP contribution < -0.4 is 16.8 Å². The number of anilines is 1. The largest absolute Gasteiger partial charge is 0.446 e. The highest BCUT2D eigenvalue weighted by molar-refractivity contribution is 9.10. The van der Waals surface area contributed by atoms with Crippen LogP contribution in [0.15, 0.2) is 41.0 Å². The summed E-state index contributed by atoms with van der Waals surface area (Å²) in [4.78, 5) is 12.3. The topological polar surface area (TPSA) is 172 Å². The lowest BCUT2D eigenvalue weighted by Gasteiger charge is -2.20. The van der Waals surface area contributed by atoms with E-state index in [0.717, 1.165) is 36.7 Å². The Morgan fingerprint density at radius 2 is 2.03 bits per heavy atom. The maximum atomic E-state index is 13.6. The van der Waals surface area contributed by atoms with E-state index in [1.807, 2.05) is 0 Å². The minimum absolute atomic E-state index is 0.00265. The number of sulfonamides is 1. The molecule has 1 aliphatic rings. The fraction of sp³-hybridized carbons (Fsp3) is 0.476. The second kappa shape index (κ2) is 11.3. The van der Waals surface area contributed by atoms with Crippen LogP contribution in [0, 0.1) is 11.7 Å². The molecule has 0 bridgehead atoms. The second-order valence-corrected chi connectivity index (χ2v) is 11.1. The second-order valence-electron chi connectivity index (χ2n) is 8.53. The molecule has 1 saturated carbocycles. The van der Waals surface area contributed by atoms with Gasteiger partial charge in [0.1, 0.15) is 11.7 Å². The number of amidine groups is 1. The maximum Gasteiger partial charge on any atom is 0.446 e. The van der Waals surface area contributed by atoms with Gasteiger partial charge in [-0.1, -0.05) is 24.4 Å². The molecule has 4 rings (SSSR count). The molecule has 0 unspecified atom stereocenters. The first kappa shape index (κ1) is 26.0. The highest BCUT2D eigenvalue weighted by atomic mass is 79.9. The van der Waals surface area contributed by atoms with Crippen molar-refractivity contribution in [2.45, 2.75) is 44.9 Å². The van der Waals surface area contributed by atoms with Crippen molar-refractivity contribution in [2.75, 3.05) is 17.6 Å². The molecule has 1 aliphatic carbocycles. The van der Waals surface area contributed by atoms with Gasteiger partial charge in [-0.15, -0.1) is 0 Å². The number of hydrogen-bond acceptors (Lipinski definition) is 9. The smallest absolute Gasteiger partial charge is 0.386 e. The molecule has 0 spiro atoms. The average molecular weight is 586 g/mol. The van der Waals surface area contributed by atoms with Gasteiger partial charge in [0.25, 0.3) is 10.0 Å². The minimum atomic E-state index is -3.61. The number of nitrogens with one attached hydrogen (secondary N) is 1. The monoisotopic (exact) mass is 585 g/mol. The highest BCUT2D eigenvalue weighted by Crippen LogP contribution is 2.27.